The number of benzene rings is 3. The van der Waals surface area contributed by atoms with Crippen LogP contribution >= 0.6 is 0 Å². The molecule has 0 unspecified atom stereocenters. The van der Waals surface area contributed by atoms with E-state index in [0.717, 1.165) is 45.4 Å². The van der Waals surface area contributed by atoms with Gasteiger partial charge in [0.05, 0.1) is 5.66 Å². The lowest BCUT2D eigenvalue weighted by atomic mass is 9.79. The standard InChI is InChI=1S/C21H19N3O/c22-16-10-13-6-8-15-9-14-7-5-12-3-1-2-4-17(12)19(14)25-20(15)18(13)21(23,24)11-16/h1-8,22H,9-11,23-24H2. The Morgan fingerprint density at radius 2 is 1.56 bits per heavy atom. The van der Waals surface area contributed by atoms with Gasteiger partial charge >= 0.3 is 0 Å². The molecule has 1 aliphatic heterocycles. The van der Waals surface area contributed by atoms with Crippen LogP contribution in [0.25, 0.3) is 10.8 Å². The fourth-order valence-electron chi connectivity index (χ4n) is 4.17. The van der Waals surface area contributed by atoms with Crippen molar-refractivity contribution in [1.82, 2.24) is 0 Å². The number of hydrogen-bond acceptors (Lipinski definition) is 4. The van der Waals surface area contributed by atoms with E-state index in [4.69, 9.17) is 21.6 Å². The molecule has 0 radical (unpaired) electrons. The van der Waals surface area contributed by atoms with Crippen LogP contribution in [0.5, 0.6) is 11.5 Å². The summed E-state index contributed by atoms with van der Waals surface area (Å²) >= 11 is 0. The van der Waals surface area contributed by atoms with Gasteiger partial charge < -0.3 is 21.6 Å². The monoisotopic (exact) mass is 329 g/mol. The Balaban J connectivity index is 1.74. The molecule has 2 aliphatic rings. The topological polar surface area (TPSA) is 85.1 Å². The van der Waals surface area contributed by atoms with Gasteiger partial charge in [0.25, 0.3) is 0 Å². The number of nitrogens with two attached hydrogens (primary N) is 2. The lowest BCUT2D eigenvalue weighted by Gasteiger charge is -2.36. The molecule has 0 bridgehead atoms. The minimum atomic E-state index is -1.06. The normalized spacial score (nSPS) is 17.4. The number of hydrogen-bond donors (Lipinski definition) is 3. The van der Waals surface area contributed by atoms with E-state index in [0.29, 0.717) is 18.6 Å². The molecule has 1 aliphatic carbocycles. The van der Waals surface area contributed by atoms with Gasteiger partial charge in [0.15, 0.2) is 0 Å². The highest BCUT2D eigenvalue weighted by Crippen LogP contribution is 2.46. The SMILES string of the molecule is N=C1Cc2ccc3c(c2C(N)(N)C1)Oc1c(ccc2ccccc12)C3. The average molecular weight is 329 g/mol. The van der Waals surface area contributed by atoms with Crippen LogP contribution in [0.15, 0.2) is 48.5 Å². The lowest BCUT2D eigenvalue weighted by Crippen LogP contribution is -2.51. The molecule has 0 saturated heterocycles. The number of ether oxygens (including phenoxy) is 1. The Morgan fingerprint density at radius 3 is 2.44 bits per heavy atom. The van der Waals surface area contributed by atoms with Crippen molar-refractivity contribution in [3.63, 3.8) is 0 Å². The Bertz CT molecular complexity index is 1050. The molecule has 3 aromatic rings. The predicted octanol–water partition coefficient (Wildman–Crippen LogP) is 3.57. The molecule has 124 valence electrons. The van der Waals surface area contributed by atoms with Gasteiger partial charge in [-0.05, 0) is 22.1 Å². The number of nitrogens with one attached hydrogen (secondary N) is 1. The molecule has 0 fully saturated rings. The van der Waals surface area contributed by atoms with Gasteiger partial charge in [0, 0.05) is 35.9 Å². The third-order valence-corrected chi connectivity index (χ3v) is 5.25. The minimum absolute atomic E-state index is 0.363. The molecule has 0 atom stereocenters. The van der Waals surface area contributed by atoms with Crippen molar-refractivity contribution in [3.8, 4) is 11.5 Å². The molecule has 1 heterocycles. The van der Waals surface area contributed by atoms with Crippen LogP contribution in [0.2, 0.25) is 0 Å². The fraction of sp³-hybridized carbons (Fsp3) is 0.190. The summed E-state index contributed by atoms with van der Waals surface area (Å²) in [7, 11) is 0. The van der Waals surface area contributed by atoms with Gasteiger partial charge in [0.2, 0.25) is 0 Å². The summed E-state index contributed by atoms with van der Waals surface area (Å²) < 4.78 is 6.43. The van der Waals surface area contributed by atoms with Crippen molar-refractivity contribution in [2.45, 2.75) is 24.9 Å². The fourth-order valence-corrected chi connectivity index (χ4v) is 4.17. The smallest absolute Gasteiger partial charge is 0.138 e. The lowest BCUT2D eigenvalue weighted by molar-refractivity contribution is 0.408. The van der Waals surface area contributed by atoms with Crippen molar-refractivity contribution in [2.75, 3.05) is 0 Å². The Hall–Kier alpha value is -2.69. The summed E-state index contributed by atoms with van der Waals surface area (Å²) in [5.41, 5.74) is 16.4. The zero-order valence-corrected chi connectivity index (χ0v) is 13.8. The van der Waals surface area contributed by atoms with Crippen LogP contribution in [0, 0.1) is 5.41 Å². The first kappa shape index (κ1) is 14.6. The van der Waals surface area contributed by atoms with E-state index in [-0.39, 0.29) is 0 Å². The van der Waals surface area contributed by atoms with Crippen LogP contribution in [0.1, 0.15) is 28.7 Å². The molecule has 0 amide bonds. The van der Waals surface area contributed by atoms with Crippen LogP contribution in [0.3, 0.4) is 0 Å². The molecule has 0 aromatic heterocycles. The number of rotatable bonds is 0. The Morgan fingerprint density at radius 1 is 0.840 bits per heavy atom. The summed E-state index contributed by atoms with van der Waals surface area (Å²) in [6.45, 7) is 0. The number of fused-ring (bicyclic) bond motifs is 6. The minimum Gasteiger partial charge on any atom is -0.456 e. The van der Waals surface area contributed by atoms with E-state index in [1.54, 1.807) is 0 Å². The maximum absolute atomic E-state index is 8.04. The highest BCUT2D eigenvalue weighted by Gasteiger charge is 2.37. The molecule has 5 N–H and O–H groups in total. The van der Waals surface area contributed by atoms with Crippen molar-refractivity contribution in [1.29, 1.82) is 5.41 Å². The first-order chi connectivity index (χ1) is 12.0. The van der Waals surface area contributed by atoms with Gasteiger partial charge in [-0.3, -0.25) is 0 Å². The summed E-state index contributed by atoms with van der Waals surface area (Å²) in [6.07, 6.45) is 1.75. The van der Waals surface area contributed by atoms with E-state index in [9.17, 15) is 0 Å². The third kappa shape index (κ3) is 2.11. The van der Waals surface area contributed by atoms with E-state index in [1.807, 2.05) is 18.2 Å². The molecule has 3 aromatic carbocycles. The van der Waals surface area contributed by atoms with Crippen LogP contribution < -0.4 is 16.2 Å². The molecule has 25 heavy (non-hydrogen) atoms. The van der Waals surface area contributed by atoms with Crippen molar-refractivity contribution >= 4 is 16.5 Å². The molecule has 0 saturated carbocycles. The van der Waals surface area contributed by atoms with Crippen molar-refractivity contribution in [3.05, 3.63) is 70.8 Å². The first-order valence-electron chi connectivity index (χ1n) is 8.51. The zero-order valence-electron chi connectivity index (χ0n) is 13.8. The highest BCUT2D eigenvalue weighted by molar-refractivity contribution is 5.91. The van der Waals surface area contributed by atoms with Crippen LogP contribution in [0.4, 0.5) is 0 Å². The van der Waals surface area contributed by atoms with Crippen molar-refractivity contribution < 1.29 is 4.74 Å². The third-order valence-electron chi connectivity index (χ3n) is 5.25. The van der Waals surface area contributed by atoms with E-state index < -0.39 is 5.66 Å². The molecule has 0 spiro atoms. The second kappa shape index (κ2) is 4.91. The molecule has 4 heteroatoms. The Labute approximate surface area is 145 Å². The summed E-state index contributed by atoms with van der Waals surface area (Å²) in [4.78, 5) is 0. The van der Waals surface area contributed by atoms with Gasteiger partial charge in [-0.2, -0.15) is 0 Å². The van der Waals surface area contributed by atoms with Gasteiger partial charge in [-0.25, -0.2) is 0 Å². The molecule has 4 nitrogen and oxygen atoms in total. The molecular formula is C21H19N3O. The first-order valence-corrected chi connectivity index (χ1v) is 8.51. The van der Waals surface area contributed by atoms with Crippen molar-refractivity contribution in [2.24, 2.45) is 11.5 Å². The summed E-state index contributed by atoms with van der Waals surface area (Å²) in [5.74, 6) is 1.69. The maximum atomic E-state index is 8.04. The van der Waals surface area contributed by atoms with Crippen LogP contribution in [-0.4, -0.2) is 5.71 Å². The van der Waals surface area contributed by atoms with E-state index in [1.165, 1.54) is 5.56 Å². The average Bonchev–Trinajstić information content (AvgIpc) is 2.58. The quantitative estimate of drug-likeness (QED) is 0.431. The molecule has 5 rings (SSSR count). The zero-order chi connectivity index (χ0) is 17.2. The Kier molecular flexibility index (Phi) is 2.87. The molecular weight excluding hydrogens is 310 g/mol. The largest absolute Gasteiger partial charge is 0.456 e. The van der Waals surface area contributed by atoms with E-state index in [2.05, 4.69) is 30.3 Å². The van der Waals surface area contributed by atoms with Gasteiger partial charge in [-0.1, -0.05) is 48.5 Å². The van der Waals surface area contributed by atoms with Gasteiger partial charge in [-0.15, -0.1) is 0 Å². The predicted molar refractivity (Wildman–Crippen MR) is 99.4 cm³/mol. The second-order valence-electron chi connectivity index (χ2n) is 7.14. The van der Waals surface area contributed by atoms with Crippen LogP contribution in [-0.2, 0) is 18.5 Å². The summed E-state index contributed by atoms with van der Waals surface area (Å²) in [6, 6.07) is 16.6. The summed E-state index contributed by atoms with van der Waals surface area (Å²) in [5, 5.41) is 10.3. The van der Waals surface area contributed by atoms with E-state index >= 15 is 0 Å². The second-order valence-corrected chi connectivity index (χ2v) is 7.14. The highest BCUT2D eigenvalue weighted by atomic mass is 16.5. The van der Waals surface area contributed by atoms with Gasteiger partial charge in [0.1, 0.15) is 11.5 Å². The maximum Gasteiger partial charge on any atom is 0.138 e.